The number of fused-ring (bicyclic) bond motifs is 1. The van der Waals surface area contributed by atoms with E-state index < -0.39 is 10.0 Å². The summed E-state index contributed by atoms with van der Waals surface area (Å²) < 4.78 is 22.7. The number of hydrogen-bond donors (Lipinski definition) is 2. The van der Waals surface area contributed by atoms with E-state index in [1.165, 1.54) is 50.7 Å². The van der Waals surface area contributed by atoms with Crippen LogP contribution in [-0.4, -0.2) is 38.4 Å². The molecule has 1 aliphatic heterocycles. The van der Waals surface area contributed by atoms with Gasteiger partial charge in [-0.15, -0.1) is 0 Å². The van der Waals surface area contributed by atoms with E-state index in [2.05, 4.69) is 10.2 Å². The van der Waals surface area contributed by atoms with Gasteiger partial charge in [-0.25, -0.2) is 13.6 Å². The van der Waals surface area contributed by atoms with Crippen molar-refractivity contribution >= 4 is 15.9 Å². The molecule has 144 valence electrons. The van der Waals surface area contributed by atoms with Crippen molar-refractivity contribution in [2.75, 3.05) is 13.1 Å². The molecular weight excluding hydrogens is 350 g/mol. The van der Waals surface area contributed by atoms with Crippen molar-refractivity contribution in [1.29, 1.82) is 0 Å². The van der Waals surface area contributed by atoms with E-state index in [0.717, 1.165) is 18.0 Å². The number of likely N-dealkylation sites (tertiary alicyclic amines) is 1. The number of carbonyl (C=O) groups is 1. The molecule has 1 saturated carbocycles. The maximum absolute atomic E-state index is 12.5. The number of piperidine rings is 1. The molecule has 0 bridgehead atoms. The van der Waals surface area contributed by atoms with Crippen molar-refractivity contribution in [3.8, 4) is 0 Å². The second-order valence-corrected chi connectivity index (χ2v) is 9.19. The minimum absolute atomic E-state index is 0.0271. The van der Waals surface area contributed by atoms with Crippen LogP contribution in [0, 0.1) is 5.92 Å². The Labute approximate surface area is 156 Å². The number of benzene rings is 1. The van der Waals surface area contributed by atoms with Gasteiger partial charge in [0.05, 0.1) is 17.5 Å². The van der Waals surface area contributed by atoms with Crippen LogP contribution in [0.4, 0.5) is 0 Å². The summed E-state index contributed by atoms with van der Waals surface area (Å²) in [4.78, 5) is 15.0. The number of nitrogens with zero attached hydrogens (tertiary/aromatic N) is 1. The van der Waals surface area contributed by atoms with Crippen LogP contribution in [0.15, 0.2) is 29.2 Å². The molecule has 1 aliphatic carbocycles. The Hall–Kier alpha value is -1.44. The van der Waals surface area contributed by atoms with E-state index >= 15 is 0 Å². The topological polar surface area (TPSA) is 92.5 Å². The number of nitrogens with two attached hydrogens (primary N) is 1. The van der Waals surface area contributed by atoms with Crippen LogP contribution in [0.3, 0.4) is 0 Å². The molecule has 3 atom stereocenters. The highest BCUT2D eigenvalue weighted by Crippen LogP contribution is 2.35. The van der Waals surface area contributed by atoms with E-state index in [1.807, 2.05) is 6.92 Å². The molecule has 1 heterocycles. The molecule has 3 rings (SSSR count). The zero-order valence-corrected chi connectivity index (χ0v) is 16.2. The zero-order valence-electron chi connectivity index (χ0n) is 15.4. The monoisotopic (exact) mass is 379 g/mol. The number of hydrogen-bond acceptors (Lipinski definition) is 4. The van der Waals surface area contributed by atoms with E-state index in [1.54, 1.807) is 12.1 Å². The average Bonchev–Trinajstić information content (AvgIpc) is 2.61. The van der Waals surface area contributed by atoms with Crippen molar-refractivity contribution in [3.05, 3.63) is 29.8 Å². The van der Waals surface area contributed by atoms with Crippen LogP contribution in [0.25, 0.3) is 0 Å². The van der Waals surface area contributed by atoms with E-state index in [9.17, 15) is 13.2 Å². The Balaban J connectivity index is 1.57. The summed E-state index contributed by atoms with van der Waals surface area (Å²) in [6.07, 6.45) is 7.59. The molecule has 1 aromatic rings. The fourth-order valence-corrected chi connectivity index (χ4v) is 4.94. The highest BCUT2D eigenvalue weighted by Gasteiger charge is 2.33. The first kappa shape index (κ1) is 19.3. The highest BCUT2D eigenvalue weighted by atomic mass is 32.2. The van der Waals surface area contributed by atoms with Gasteiger partial charge in [0.15, 0.2) is 0 Å². The normalized spacial score (nSPS) is 25.3. The van der Waals surface area contributed by atoms with E-state index in [-0.39, 0.29) is 16.8 Å². The van der Waals surface area contributed by atoms with Crippen molar-refractivity contribution < 1.29 is 13.2 Å². The number of carbonyl (C=O) groups excluding carboxylic acids is 1. The summed E-state index contributed by atoms with van der Waals surface area (Å²) in [7, 11) is -3.69. The van der Waals surface area contributed by atoms with Crippen molar-refractivity contribution in [1.82, 2.24) is 10.2 Å². The van der Waals surface area contributed by atoms with Crippen LogP contribution >= 0.6 is 0 Å². The third kappa shape index (κ3) is 4.64. The predicted octanol–water partition coefficient (Wildman–Crippen LogP) is 2.17. The molecule has 7 heteroatoms. The number of sulfonamides is 1. The molecule has 2 fully saturated rings. The first-order chi connectivity index (χ1) is 12.3. The summed E-state index contributed by atoms with van der Waals surface area (Å²) in [6.45, 7) is 3.36. The highest BCUT2D eigenvalue weighted by molar-refractivity contribution is 7.89. The minimum Gasteiger partial charge on any atom is -0.348 e. The van der Waals surface area contributed by atoms with Crippen LogP contribution in [0.1, 0.15) is 57.1 Å². The molecule has 0 spiro atoms. The van der Waals surface area contributed by atoms with Crippen LogP contribution in [0.5, 0.6) is 0 Å². The summed E-state index contributed by atoms with van der Waals surface area (Å²) >= 11 is 0. The molecule has 3 N–H and O–H groups in total. The number of amides is 1. The van der Waals surface area contributed by atoms with Gasteiger partial charge in [-0.1, -0.05) is 25.0 Å². The lowest BCUT2D eigenvalue weighted by Gasteiger charge is -2.43. The second-order valence-electron chi connectivity index (χ2n) is 7.63. The lowest BCUT2D eigenvalue weighted by Crippen LogP contribution is -2.50. The van der Waals surface area contributed by atoms with Gasteiger partial charge < -0.3 is 5.32 Å². The zero-order chi connectivity index (χ0) is 18.7. The fourth-order valence-electron chi connectivity index (χ4n) is 4.43. The van der Waals surface area contributed by atoms with Gasteiger partial charge >= 0.3 is 0 Å². The van der Waals surface area contributed by atoms with Gasteiger partial charge in [0.1, 0.15) is 0 Å². The molecule has 0 unspecified atom stereocenters. The van der Waals surface area contributed by atoms with Crippen molar-refractivity contribution in [3.63, 3.8) is 0 Å². The van der Waals surface area contributed by atoms with Gasteiger partial charge in [0.25, 0.3) is 0 Å². The Morgan fingerprint density at radius 3 is 2.54 bits per heavy atom. The van der Waals surface area contributed by atoms with Crippen LogP contribution in [0.2, 0.25) is 0 Å². The molecular formula is C19H29N3O3S. The largest absolute Gasteiger partial charge is 0.348 e. The number of primary sulfonamides is 1. The van der Waals surface area contributed by atoms with E-state index in [4.69, 9.17) is 5.14 Å². The third-order valence-electron chi connectivity index (χ3n) is 5.79. The third-order valence-corrected chi connectivity index (χ3v) is 6.72. The maximum atomic E-state index is 12.5. The smallest absolute Gasteiger partial charge is 0.238 e. The summed E-state index contributed by atoms with van der Waals surface area (Å²) in [5.74, 6) is 0.785. The number of rotatable bonds is 5. The first-order valence-corrected chi connectivity index (χ1v) is 11.1. The summed E-state index contributed by atoms with van der Waals surface area (Å²) in [6, 6.07) is 6.73. The molecule has 1 amide bonds. The molecule has 1 aromatic carbocycles. The molecule has 26 heavy (non-hydrogen) atoms. The summed E-state index contributed by atoms with van der Waals surface area (Å²) in [5, 5.41) is 8.15. The fraction of sp³-hybridized carbons (Fsp3) is 0.632. The van der Waals surface area contributed by atoms with Gasteiger partial charge in [-0.2, -0.15) is 0 Å². The molecule has 1 saturated heterocycles. The molecule has 0 radical (unpaired) electrons. The molecule has 0 aromatic heterocycles. The first-order valence-electron chi connectivity index (χ1n) is 9.51. The standard InChI is InChI=1S/C19H29N3O3S/c1-14(15-8-10-17(11-9-15)26(20,24)25)21-19(23)13-22-12-4-6-16-5-2-3-7-18(16)22/h8-11,14,16,18H,2-7,12-13H2,1H3,(H,21,23)(H2,20,24,25)/t14-,16+,18-/m0/s1. The quantitative estimate of drug-likeness (QED) is 0.820. The van der Waals surface area contributed by atoms with Crippen molar-refractivity contribution in [2.45, 2.75) is 62.4 Å². The van der Waals surface area contributed by atoms with Gasteiger partial charge in [0.2, 0.25) is 15.9 Å². The maximum Gasteiger partial charge on any atom is 0.238 e. The Bertz CT molecular complexity index is 731. The number of nitrogens with one attached hydrogen (secondary N) is 1. The summed E-state index contributed by atoms with van der Waals surface area (Å²) in [5.41, 5.74) is 0.861. The van der Waals surface area contributed by atoms with E-state index in [0.29, 0.717) is 12.6 Å². The SMILES string of the molecule is C[C@H](NC(=O)CN1CCC[C@H]2CCCC[C@@H]21)c1ccc(S(N)(=O)=O)cc1. The predicted molar refractivity (Wildman–Crippen MR) is 101 cm³/mol. The second kappa shape index (κ2) is 8.06. The van der Waals surface area contributed by atoms with Crippen LogP contribution < -0.4 is 10.5 Å². The van der Waals surface area contributed by atoms with Gasteiger partial charge in [-0.3, -0.25) is 9.69 Å². The lowest BCUT2D eigenvalue weighted by atomic mass is 9.78. The Morgan fingerprint density at radius 1 is 1.19 bits per heavy atom. The minimum atomic E-state index is -3.69. The lowest BCUT2D eigenvalue weighted by molar-refractivity contribution is -0.124. The molecule has 2 aliphatic rings. The van der Waals surface area contributed by atoms with Crippen molar-refractivity contribution in [2.24, 2.45) is 11.1 Å². The van der Waals surface area contributed by atoms with Crippen LogP contribution in [-0.2, 0) is 14.8 Å². The van der Waals surface area contributed by atoms with Gasteiger partial charge in [0, 0.05) is 6.04 Å². The van der Waals surface area contributed by atoms with Gasteiger partial charge in [-0.05, 0) is 62.8 Å². The Kier molecular flexibility index (Phi) is 5.99. The average molecular weight is 380 g/mol. The Morgan fingerprint density at radius 2 is 1.85 bits per heavy atom. The molecule has 6 nitrogen and oxygen atoms in total.